The van der Waals surface area contributed by atoms with Gasteiger partial charge in [-0.15, -0.1) is 47.1 Å². The van der Waals surface area contributed by atoms with Crippen molar-refractivity contribution in [3.63, 3.8) is 0 Å². The van der Waals surface area contributed by atoms with Gasteiger partial charge < -0.3 is 10.6 Å². The number of halogens is 2. The van der Waals surface area contributed by atoms with Gasteiger partial charge in [-0.1, -0.05) is 0 Å². The Labute approximate surface area is 167 Å². The summed E-state index contributed by atoms with van der Waals surface area (Å²) in [5.41, 5.74) is 0. The van der Waals surface area contributed by atoms with Crippen LogP contribution in [0.4, 0.5) is 4.39 Å². The Morgan fingerprint density at radius 3 is 2.67 bits per heavy atom. The molecule has 0 bridgehead atoms. The standard InChI is InChI=1S/C16H21FN4S2.HI/c1-3-18-16(21-11-15-20-10-12(2)23-15)19-8-9-22-14-6-4-13(17)5-7-14;/h4-7,10H,3,8-9,11H2,1-2H3,(H2,18,19,21);1H. The van der Waals surface area contributed by atoms with Crippen molar-refractivity contribution >= 4 is 53.0 Å². The van der Waals surface area contributed by atoms with Gasteiger partial charge in [0, 0.05) is 34.8 Å². The molecule has 0 fully saturated rings. The van der Waals surface area contributed by atoms with Crippen LogP contribution in [-0.2, 0) is 6.54 Å². The van der Waals surface area contributed by atoms with Crippen molar-refractivity contribution in [2.45, 2.75) is 25.3 Å². The highest BCUT2D eigenvalue weighted by molar-refractivity contribution is 14.0. The molecule has 24 heavy (non-hydrogen) atoms. The zero-order valence-electron chi connectivity index (χ0n) is 13.7. The topological polar surface area (TPSA) is 49.3 Å². The van der Waals surface area contributed by atoms with Crippen molar-refractivity contribution in [2.24, 2.45) is 4.99 Å². The van der Waals surface area contributed by atoms with Crippen molar-refractivity contribution < 1.29 is 4.39 Å². The number of hydrogen-bond donors (Lipinski definition) is 2. The van der Waals surface area contributed by atoms with Crippen molar-refractivity contribution in [2.75, 3.05) is 18.8 Å². The number of thioether (sulfide) groups is 1. The lowest BCUT2D eigenvalue weighted by Gasteiger charge is -2.10. The van der Waals surface area contributed by atoms with Crippen LogP contribution in [0.5, 0.6) is 0 Å². The highest BCUT2D eigenvalue weighted by Crippen LogP contribution is 2.17. The fourth-order valence-corrected chi connectivity index (χ4v) is 3.31. The Hall–Kier alpha value is -0.870. The summed E-state index contributed by atoms with van der Waals surface area (Å²) in [4.78, 5) is 11.1. The van der Waals surface area contributed by atoms with E-state index in [0.717, 1.165) is 34.7 Å². The zero-order chi connectivity index (χ0) is 16.5. The van der Waals surface area contributed by atoms with Gasteiger partial charge in [0.1, 0.15) is 10.8 Å². The van der Waals surface area contributed by atoms with Crippen LogP contribution in [0.3, 0.4) is 0 Å². The maximum absolute atomic E-state index is 12.8. The van der Waals surface area contributed by atoms with Crippen molar-refractivity contribution in [3.8, 4) is 0 Å². The van der Waals surface area contributed by atoms with Crippen LogP contribution in [0, 0.1) is 12.7 Å². The molecule has 2 aromatic rings. The van der Waals surface area contributed by atoms with E-state index in [1.165, 1.54) is 17.0 Å². The summed E-state index contributed by atoms with van der Waals surface area (Å²) in [5, 5.41) is 7.54. The Bertz CT molecular complexity index is 631. The fraction of sp³-hybridized carbons (Fsp3) is 0.375. The highest BCUT2D eigenvalue weighted by atomic mass is 127. The van der Waals surface area contributed by atoms with E-state index in [4.69, 9.17) is 0 Å². The molecule has 0 aliphatic carbocycles. The van der Waals surface area contributed by atoms with E-state index < -0.39 is 0 Å². The van der Waals surface area contributed by atoms with Gasteiger partial charge in [0.2, 0.25) is 0 Å². The molecule has 0 aliphatic heterocycles. The molecule has 8 heteroatoms. The van der Waals surface area contributed by atoms with Crippen LogP contribution in [0.25, 0.3) is 0 Å². The number of benzene rings is 1. The van der Waals surface area contributed by atoms with E-state index >= 15 is 0 Å². The van der Waals surface area contributed by atoms with Gasteiger partial charge in [0.05, 0.1) is 6.54 Å². The van der Waals surface area contributed by atoms with Crippen molar-refractivity contribution in [3.05, 3.63) is 46.2 Å². The van der Waals surface area contributed by atoms with Gasteiger partial charge in [0.15, 0.2) is 5.96 Å². The molecule has 2 N–H and O–H groups in total. The third-order valence-electron chi connectivity index (χ3n) is 2.86. The van der Waals surface area contributed by atoms with Crippen molar-refractivity contribution in [1.29, 1.82) is 0 Å². The second kappa shape index (κ2) is 11.6. The molecule has 4 nitrogen and oxygen atoms in total. The van der Waals surface area contributed by atoms with Gasteiger partial charge in [0.25, 0.3) is 0 Å². The molecule has 132 valence electrons. The van der Waals surface area contributed by atoms with Crippen LogP contribution in [0.15, 0.2) is 40.4 Å². The number of guanidine groups is 1. The molecule has 1 aromatic heterocycles. The average molecular weight is 480 g/mol. The molecule has 0 atom stereocenters. The average Bonchev–Trinajstić information content (AvgIpc) is 2.96. The van der Waals surface area contributed by atoms with E-state index in [9.17, 15) is 4.39 Å². The maximum Gasteiger partial charge on any atom is 0.191 e. The van der Waals surface area contributed by atoms with Crippen LogP contribution in [0.2, 0.25) is 0 Å². The third-order valence-corrected chi connectivity index (χ3v) is 4.77. The number of aromatic nitrogens is 1. The molecule has 0 saturated heterocycles. The largest absolute Gasteiger partial charge is 0.357 e. The number of rotatable bonds is 7. The fourth-order valence-electron chi connectivity index (χ4n) is 1.83. The van der Waals surface area contributed by atoms with Crippen LogP contribution < -0.4 is 10.6 Å². The van der Waals surface area contributed by atoms with Gasteiger partial charge in [-0.05, 0) is 38.1 Å². The molecule has 0 radical (unpaired) electrons. The minimum absolute atomic E-state index is 0. The molecule has 0 amide bonds. The molecule has 1 aromatic carbocycles. The predicted molar refractivity (Wildman–Crippen MR) is 112 cm³/mol. The number of aryl methyl sites for hydroxylation is 1. The van der Waals surface area contributed by atoms with E-state index in [2.05, 4.69) is 20.6 Å². The summed E-state index contributed by atoms with van der Waals surface area (Å²) >= 11 is 3.35. The Morgan fingerprint density at radius 1 is 1.29 bits per heavy atom. The molecule has 0 saturated carbocycles. The lowest BCUT2D eigenvalue weighted by Crippen LogP contribution is -2.38. The number of hydrogen-bond acceptors (Lipinski definition) is 4. The molecule has 1 heterocycles. The molecule has 0 spiro atoms. The lowest BCUT2D eigenvalue weighted by molar-refractivity contribution is 0.626. The number of nitrogens with zero attached hydrogens (tertiary/aromatic N) is 2. The SMILES string of the molecule is CCNC(=NCc1ncc(C)s1)NCCSc1ccc(F)cc1.I. The van der Waals surface area contributed by atoms with E-state index in [-0.39, 0.29) is 29.8 Å². The second-order valence-electron chi connectivity index (χ2n) is 4.79. The first-order valence-corrected chi connectivity index (χ1v) is 9.29. The molecule has 0 aliphatic rings. The summed E-state index contributed by atoms with van der Waals surface area (Å²) in [6, 6.07) is 6.56. The number of aliphatic imine (C=N–C) groups is 1. The first kappa shape index (κ1) is 21.2. The monoisotopic (exact) mass is 480 g/mol. The first-order valence-electron chi connectivity index (χ1n) is 7.49. The molecule has 2 rings (SSSR count). The summed E-state index contributed by atoms with van der Waals surface area (Å²) in [6.07, 6.45) is 1.87. The predicted octanol–water partition coefficient (Wildman–Crippen LogP) is 4.06. The smallest absolute Gasteiger partial charge is 0.191 e. The summed E-state index contributed by atoms with van der Waals surface area (Å²) in [7, 11) is 0. The molecular formula is C16H22FIN4S2. The van der Waals surface area contributed by atoms with Crippen LogP contribution in [-0.4, -0.2) is 29.8 Å². The molecule has 0 unspecified atom stereocenters. The summed E-state index contributed by atoms with van der Waals surface area (Å²) in [5.74, 6) is 1.47. The lowest BCUT2D eigenvalue weighted by atomic mass is 10.4. The normalized spacial score (nSPS) is 11.0. The van der Waals surface area contributed by atoms with Gasteiger partial charge in [-0.2, -0.15) is 0 Å². The zero-order valence-corrected chi connectivity index (χ0v) is 17.7. The van der Waals surface area contributed by atoms with Crippen LogP contribution in [0.1, 0.15) is 16.8 Å². The number of nitrogens with one attached hydrogen (secondary N) is 2. The highest BCUT2D eigenvalue weighted by Gasteiger charge is 2.01. The van der Waals surface area contributed by atoms with Gasteiger partial charge >= 0.3 is 0 Å². The Balaban J connectivity index is 0.00000288. The Kier molecular flexibility index (Phi) is 10.3. The van der Waals surface area contributed by atoms with Crippen LogP contribution >= 0.6 is 47.1 Å². The van der Waals surface area contributed by atoms with Crippen molar-refractivity contribution in [1.82, 2.24) is 15.6 Å². The summed E-state index contributed by atoms with van der Waals surface area (Å²) < 4.78 is 12.8. The van der Waals surface area contributed by atoms with Gasteiger partial charge in [-0.25, -0.2) is 14.4 Å². The Morgan fingerprint density at radius 2 is 2.04 bits per heavy atom. The minimum atomic E-state index is -0.202. The van der Waals surface area contributed by atoms with Gasteiger partial charge in [-0.3, -0.25) is 0 Å². The first-order chi connectivity index (χ1) is 11.2. The third kappa shape index (κ3) is 7.80. The second-order valence-corrected chi connectivity index (χ2v) is 7.28. The van der Waals surface area contributed by atoms with E-state index in [1.807, 2.05) is 20.0 Å². The quantitative estimate of drug-likeness (QED) is 0.206. The summed E-state index contributed by atoms with van der Waals surface area (Å²) in [6.45, 7) is 6.26. The van der Waals surface area contributed by atoms with E-state index in [1.54, 1.807) is 35.2 Å². The van der Waals surface area contributed by atoms with E-state index in [0.29, 0.717) is 6.54 Å². The maximum atomic E-state index is 12.8. The molecular weight excluding hydrogens is 458 g/mol. The number of thiazole rings is 1. The minimum Gasteiger partial charge on any atom is -0.357 e.